The summed E-state index contributed by atoms with van der Waals surface area (Å²) in [6.07, 6.45) is 8.03. The van der Waals surface area contributed by atoms with Gasteiger partial charge in [0.25, 0.3) is 0 Å². The minimum atomic E-state index is 0.707. The Hall–Kier alpha value is -1.09. The molecule has 0 aliphatic rings. The van der Waals surface area contributed by atoms with E-state index in [2.05, 4.69) is 24.2 Å². The quantitative estimate of drug-likeness (QED) is 0.747. The summed E-state index contributed by atoms with van der Waals surface area (Å²) < 4.78 is 2.01. The van der Waals surface area contributed by atoms with E-state index in [0.29, 0.717) is 6.54 Å². The van der Waals surface area contributed by atoms with Gasteiger partial charge >= 0.3 is 0 Å². The van der Waals surface area contributed by atoms with Crippen LogP contribution in [0.4, 0.5) is 0 Å². The Bertz CT molecular complexity index is 263. The van der Waals surface area contributed by atoms with Gasteiger partial charge in [0.1, 0.15) is 0 Å². The van der Waals surface area contributed by atoms with E-state index in [0.717, 1.165) is 25.1 Å². The number of rotatable bonds is 5. The van der Waals surface area contributed by atoms with Crippen LogP contribution in [0.1, 0.15) is 25.5 Å². The predicted octanol–water partition coefficient (Wildman–Crippen LogP) is 1.66. The average molecular weight is 179 g/mol. The molecule has 0 atom stereocenters. The average Bonchev–Trinajstić information content (AvgIpc) is 2.54. The Kier molecular flexibility index (Phi) is 4.26. The van der Waals surface area contributed by atoms with E-state index < -0.39 is 0 Å². The first-order valence-corrected chi connectivity index (χ1v) is 4.77. The van der Waals surface area contributed by atoms with Gasteiger partial charge in [0.15, 0.2) is 0 Å². The summed E-state index contributed by atoms with van der Waals surface area (Å²) in [6, 6.07) is 2.02. The highest BCUT2D eigenvalue weighted by Gasteiger charge is 1.95. The lowest BCUT2D eigenvalue weighted by Crippen LogP contribution is -2.01. The van der Waals surface area contributed by atoms with Gasteiger partial charge in [-0.1, -0.05) is 13.0 Å². The van der Waals surface area contributed by atoms with Crippen LogP contribution in [0.25, 0.3) is 6.08 Å². The topological polar surface area (TPSA) is 43.8 Å². The van der Waals surface area contributed by atoms with Gasteiger partial charge in [-0.3, -0.25) is 4.68 Å². The molecule has 72 valence electrons. The highest BCUT2D eigenvalue weighted by molar-refractivity contribution is 5.44. The molecule has 0 saturated carbocycles. The van der Waals surface area contributed by atoms with Gasteiger partial charge in [0.05, 0.1) is 5.69 Å². The van der Waals surface area contributed by atoms with Crippen molar-refractivity contribution in [3.63, 3.8) is 0 Å². The van der Waals surface area contributed by atoms with Crippen molar-refractivity contribution in [2.75, 3.05) is 6.54 Å². The highest BCUT2D eigenvalue weighted by Crippen LogP contribution is 2.03. The van der Waals surface area contributed by atoms with Gasteiger partial charge in [0.2, 0.25) is 0 Å². The number of nitrogens with zero attached hydrogens (tertiary/aromatic N) is 2. The van der Waals surface area contributed by atoms with E-state index in [4.69, 9.17) is 5.73 Å². The highest BCUT2D eigenvalue weighted by atomic mass is 15.3. The van der Waals surface area contributed by atoms with E-state index in [9.17, 15) is 0 Å². The summed E-state index contributed by atoms with van der Waals surface area (Å²) >= 11 is 0. The summed E-state index contributed by atoms with van der Waals surface area (Å²) in [4.78, 5) is 0. The smallest absolute Gasteiger partial charge is 0.0606 e. The van der Waals surface area contributed by atoms with E-state index in [-0.39, 0.29) is 0 Å². The SMILES string of the molecule is CCCn1nccc1C=CCCN. The summed E-state index contributed by atoms with van der Waals surface area (Å²) in [7, 11) is 0. The Balaban J connectivity index is 2.59. The zero-order chi connectivity index (χ0) is 9.52. The van der Waals surface area contributed by atoms with Gasteiger partial charge in [-0.2, -0.15) is 5.10 Å². The van der Waals surface area contributed by atoms with Gasteiger partial charge in [-0.05, 0) is 31.5 Å². The van der Waals surface area contributed by atoms with E-state index >= 15 is 0 Å². The molecule has 0 aliphatic heterocycles. The van der Waals surface area contributed by atoms with Crippen LogP contribution in [0.3, 0.4) is 0 Å². The van der Waals surface area contributed by atoms with Gasteiger partial charge in [-0.25, -0.2) is 0 Å². The molecule has 0 spiro atoms. The molecule has 0 amide bonds. The van der Waals surface area contributed by atoms with E-state index in [1.165, 1.54) is 0 Å². The van der Waals surface area contributed by atoms with Crippen LogP contribution in [0, 0.1) is 0 Å². The minimum absolute atomic E-state index is 0.707. The van der Waals surface area contributed by atoms with Crippen molar-refractivity contribution < 1.29 is 0 Å². The third-order valence-electron chi connectivity index (χ3n) is 1.81. The second-order valence-corrected chi connectivity index (χ2v) is 2.96. The fourth-order valence-electron chi connectivity index (χ4n) is 1.18. The first-order valence-electron chi connectivity index (χ1n) is 4.77. The maximum absolute atomic E-state index is 5.39. The second-order valence-electron chi connectivity index (χ2n) is 2.96. The summed E-state index contributed by atoms with van der Waals surface area (Å²) in [6.45, 7) is 3.84. The molecule has 3 nitrogen and oxygen atoms in total. The molecule has 0 bridgehead atoms. The maximum atomic E-state index is 5.39. The molecule has 0 radical (unpaired) electrons. The molecular formula is C10H17N3. The molecule has 0 unspecified atom stereocenters. The Morgan fingerprint density at radius 1 is 1.62 bits per heavy atom. The normalized spacial score (nSPS) is 11.2. The first kappa shape index (κ1) is 9.99. The first-order chi connectivity index (χ1) is 6.38. The summed E-state index contributed by atoms with van der Waals surface area (Å²) in [5.41, 5.74) is 6.55. The monoisotopic (exact) mass is 179 g/mol. The number of nitrogens with two attached hydrogens (primary N) is 1. The van der Waals surface area contributed by atoms with Crippen LogP contribution >= 0.6 is 0 Å². The van der Waals surface area contributed by atoms with Crippen molar-refractivity contribution in [2.45, 2.75) is 26.3 Å². The molecule has 1 aromatic heterocycles. The van der Waals surface area contributed by atoms with Crippen LogP contribution in [0.15, 0.2) is 18.3 Å². The van der Waals surface area contributed by atoms with Crippen LogP contribution in [0.2, 0.25) is 0 Å². The van der Waals surface area contributed by atoms with Crippen molar-refractivity contribution in [2.24, 2.45) is 5.73 Å². The fourth-order valence-corrected chi connectivity index (χ4v) is 1.18. The molecule has 0 aromatic carbocycles. The molecule has 0 aliphatic carbocycles. The zero-order valence-electron chi connectivity index (χ0n) is 8.11. The fraction of sp³-hybridized carbons (Fsp3) is 0.500. The number of aryl methyl sites for hydroxylation is 1. The van der Waals surface area contributed by atoms with Crippen molar-refractivity contribution in [1.82, 2.24) is 9.78 Å². The van der Waals surface area contributed by atoms with Gasteiger partial charge in [-0.15, -0.1) is 0 Å². The molecule has 1 heterocycles. The van der Waals surface area contributed by atoms with Crippen molar-refractivity contribution in [1.29, 1.82) is 0 Å². The molecule has 3 heteroatoms. The van der Waals surface area contributed by atoms with Crippen LogP contribution < -0.4 is 5.73 Å². The van der Waals surface area contributed by atoms with Crippen molar-refractivity contribution >= 4 is 6.08 Å². The van der Waals surface area contributed by atoms with Crippen molar-refractivity contribution in [3.05, 3.63) is 24.0 Å². The molecule has 2 N–H and O–H groups in total. The number of aromatic nitrogens is 2. The van der Waals surface area contributed by atoms with E-state index in [1.54, 1.807) is 0 Å². The van der Waals surface area contributed by atoms with Gasteiger partial charge < -0.3 is 5.73 Å². The standard InChI is InChI=1S/C10H17N3/c1-2-9-13-10(6-8-12-13)5-3-4-7-11/h3,5-6,8H,2,4,7,9,11H2,1H3. The van der Waals surface area contributed by atoms with Crippen LogP contribution in [-0.2, 0) is 6.54 Å². The summed E-state index contributed by atoms with van der Waals surface area (Å²) in [5.74, 6) is 0. The third kappa shape index (κ3) is 3.03. The van der Waals surface area contributed by atoms with E-state index in [1.807, 2.05) is 16.9 Å². The van der Waals surface area contributed by atoms with Gasteiger partial charge in [0, 0.05) is 12.7 Å². The lowest BCUT2D eigenvalue weighted by atomic mass is 10.3. The molecular weight excluding hydrogens is 162 g/mol. The number of hydrogen-bond donors (Lipinski definition) is 1. The molecule has 13 heavy (non-hydrogen) atoms. The maximum Gasteiger partial charge on any atom is 0.0606 e. The number of hydrogen-bond acceptors (Lipinski definition) is 2. The predicted molar refractivity (Wildman–Crippen MR) is 55.2 cm³/mol. The third-order valence-corrected chi connectivity index (χ3v) is 1.81. The molecule has 1 aromatic rings. The van der Waals surface area contributed by atoms with Crippen LogP contribution in [-0.4, -0.2) is 16.3 Å². The van der Waals surface area contributed by atoms with Crippen LogP contribution in [0.5, 0.6) is 0 Å². The second kappa shape index (κ2) is 5.54. The Morgan fingerprint density at radius 2 is 2.46 bits per heavy atom. The van der Waals surface area contributed by atoms with Crippen molar-refractivity contribution in [3.8, 4) is 0 Å². The molecule has 1 rings (SSSR count). The Labute approximate surface area is 79.2 Å². The Morgan fingerprint density at radius 3 is 3.15 bits per heavy atom. The zero-order valence-corrected chi connectivity index (χ0v) is 8.11. The lowest BCUT2D eigenvalue weighted by molar-refractivity contribution is 0.598. The largest absolute Gasteiger partial charge is 0.330 e. The summed E-state index contributed by atoms with van der Waals surface area (Å²) in [5, 5.41) is 4.22. The minimum Gasteiger partial charge on any atom is -0.330 e. The molecule has 0 fully saturated rings. The lowest BCUT2D eigenvalue weighted by Gasteiger charge is -2.00. The molecule has 0 saturated heterocycles.